The second-order valence-corrected chi connectivity index (χ2v) is 8.78. The fourth-order valence-corrected chi connectivity index (χ4v) is 5.24. The molecule has 0 fully saturated rings. The zero-order valence-electron chi connectivity index (χ0n) is 17.1. The van der Waals surface area contributed by atoms with Crippen molar-refractivity contribution in [3.05, 3.63) is 92.6 Å². The van der Waals surface area contributed by atoms with Crippen LogP contribution in [-0.4, -0.2) is 18.0 Å². The average Bonchev–Trinajstić information content (AvgIpc) is 2.81. The van der Waals surface area contributed by atoms with E-state index in [-0.39, 0.29) is 17.2 Å². The molecule has 2 atom stereocenters. The molecule has 0 unspecified atom stereocenters. The van der Waals surface area contributed by atoms with Gasteiger partial charge in [-0.2, -0.15) is 15.8 Å². The molecule has 2 aliphatic rings. The normalized spacial score (nSPS) is 22.2. The van der Waals surface area contributed by atoms with Gasteiger partial charge in [-0.3, -0.25) is 4.90 Å². The molecule has 1 aliphatic carbocycles. The Hall–Kier alpha value is -3.27. The van der Waals surface area contributed by atoms with E-state index < -0.39 is 11.3 Å². The molecule has 0 spiro atoms. The van der Waals surface area contributed by atoms with Gasteiger partial charge in [-0.15, -0.1) is 0 Å². The summed E-state index contributed by atoms with van der Waals surface area (Å²) in [6.07, 6.45) is 1.98. The molecule has 2 aromatic carbocycles. The molecule has 0 amide bonds. The predicted octanol–water partition coefficient (Wildman–Crippen LogP) is 4.92. The Bertz CT molecular complexity index is 1230. The topological polar surface area (TPSA) is 101 Å². The van der Waals surface area contributed by atoms with Crippen molar-refractivity contribution in [3.8, 4) is 18.2 Å². The lowest BCUT2D eigenvalue weighted by atomic mass is 9.58. The molecule has 4 rings (SSSR count). The van der Waals surface area contributed by atoms with E-state index in [9.17, 15) is 15.8 Å². The van der Waals surface area contributed by atoms with Crippen LogP contribution < -0.4 is 5.73 Å². The first-order valence-electron chi connectivity index (χ1n) is 10.1. The van der Waals surface area contributed by atoms with Gasteiger partial charge in [0, 0.05) is 31.5 Å². The van der Waals surface area contributed by atoms with Gasteiger partial charge in [0.2, 0.25) is 0 Å². The number of nitriles is 3. The van der Waals surface area contributed by atoms with Crippen LogP contribution in [0.5, 0.6) is 0 Å². The maximum absolute atomic E-state index is 10.2. The van der Waals surface area contributed by atoms with Crippen LogP contribution in [0.25, 0.3) is 0 Å². The first kappa shape index (κ1) is 21.9. The van der Waals surface area contributed by atoms with Gasteiger partial charge in [-0.1, -0.05) is 71.7 Å². The van der Waals surface area contributed by atoms with Crippen molar-refractivity contribution in [3.63, 3.8) is 0 Å². The van der Waals surface area contributed by atoms with Crippen LogP contribution >= 0.6 is 23.2 Å². The van der Waals surface area contributed by atoms with Gasteiger partial charge in [0.05, 0.1) is 33.5 Å². The zero-order valence-corrected chi connectivity index (χ0v) is 18.6. The Labute approximate surface area is 197 Å². The molecule has 0 radical (unpaired) electrons. The summed E-state index contributed by atoms with van der Waals surface area (Å²) >= 11 is 12.9. The molecule has 1 heterocycles. The standard InChI is InChI=1S/C25H19Cl2N5/c26-21-8-4-7-18(23(21)27)22-20-13-32(12-16-5-2-1-3-6-16)10-9-17(20)19(11-28)24(31)25(22,14-29)15-30/h1-9,20,22H,10,12-13,31H2/t20-,22-/m1/s1. The van der Waals surface area contributed by atoms with Gasteiger partial charge in [0.1, 0.15) is 6.07 Å². The molecule has 0 bridgehead atoms. The SMILES string of the molecule is N#CC1=C(N)C(C#N)(C#N)[C@H](c2cccc(Cl)c2Cl)[C@@H]2CN(Cc3ccccc3)CC=C12. The summed E-state index contributed by atoms with van der Waals surface area (Å²) in [5.74, 6) is -1.00. The zero-order chi connectivity index (χ0) is 22.9. The largest absolute Gasteiger partial charge is 0.399 e. The molecule has 0 saturated carbocycles. The van der Waals surface area contributed by atoms with E-state index in [1.54, 1.807) is 18.2 Å². The van der Waals surface area contributed by atoms with E-state index in [2.05, 4.69) is 35.2 Å². The average molecular weight is 460 g/mol. The number of rotatable bonds is 3. The number of fused-ring (bicyclic) bond motifs is 1. The van der Waals surface area contributed by atoms with Crippen molar-refractivity contribution >= 4 is 23.2 Å². The van der Waals surface area contributed by atoms with Crippen molar-refractivity contribution in [1.29, 1.82) is 15.8 Å². The molecule has 0 saturated heterocycles. The summed E-state index contributed by atoms with van der Waals surface area (Å²) in [6, 6.07) is 21.7. The smallest absolute Gasteiger partial charge is 0.191 e. The molecule has 0 aromatic heterocycles. The molecule has 2 N–H and O–H groups in total. The Kier molecular flexibility index (Phi) is 5.96. The summed E-state index contributed by atoms with van der Waals surface area (Å²) in [5, 5.41) is 30.9. The molecule has 158 valence electrons. The lowest BCUT2D eigenvalue weighted by Crippen LogP contribution is -2.48. The van der Waals surface area contributed by atoms with Crippen LogP contribution in [0.3, 0.4) is 0 Å². The monoisotopic (exact) mass is 459 g/mol. The van der Waals surface area contributed by atoms with Crippen LogP contribution in [-0.2, 0) is 6.54 Å². The second kappa shape index (κ2) is 8.70. The Morgan fingerprint density at radius 1 is 1.03 bits per heavy atom. The fourth-order valence-electron chi connectivity index (χ4n) is 4.81. The number of nitrogens with zero attached hydrogens (tertiary/aromatic N) is 4. The quantitative estimate of drug-likeness (QED) is 0.701. The molecule has 1 aliphatic heterocycles. The van der Waals surface area contributed by atoms with Gasteiger partial charge < -0.3 is 5.73 Å². The second-order valence-electron chi connectivity index (χ2n) is 8.00. The molecule has 5 nitrogen and oxygen atoms in total. The van der Waals surface area contributed by atoms with Gasteiger partial charge in [0.15, 0.2) is 5.41 Å². The highest BCUT2D eigenvalue weighted by molar-refractivity contribution is 6.42. The summed E-state index contributed by atoms with van der Waals surface area (Å²) < 4.78 is 0. The summed E-state index contributed by atoms with van der Waals surface area (Å²) in [7, 11) is 0. The van der Waals surface area contributed by atoms with E-state index in [0.29, 0.717) is 35.2 Å². The Morgan fingerprint density at radius 2 is 1.75 bits per heavy atom. The molecular formula is C25H19Cl2N5. The van der Waals surface area contributed by atoms with E-state index in [0.717, 1.165) is 11.1 Å². The third-order valence-corrected chi connectivity index (χ3v) is 7.14. The van der Waals surface area contributed by atoms with Crippen LogP contribution in [0, 0.1) is 45.3 Å². The molecular weight excluding hydrogens is 441 g/mol. The van der Waals surface area contributed by atoms with Crippen LogP contribution in [0.15, 0.2) is 71.5 Å². The highest BCUT2D eigenvalue weighted by Crippen LogP contribution is 2.55. The van der Waals surface area contributed by atoms with Crippen molar-refractivity contribution in [2.45, 2.75) is 12.5 Å². The highest BCUT2D eigenvalue weighted by atomic mass is 35.5. The van der Waals surface area contributed by atoms with Crippen LogP contribution in [0.4, 0.5) is 0 Å². The van der Waals surface area contributed by atoms with Crippen molar-refractivity contribution in [1.82, 2.24) is 4.90 Å². The predicted molar refractivity (Wildman–Crippen MR) is 123 cm³/mol. The lowest BCUT2D eigenvalue weighted by Gasteiger charge is -2.45. The van der Waals surface area contributed by atoms with E-state index in [1.807, 2.05) is 24.3 Å². The van der Waals surface area contributed by atoms with E-state index >= 15 is 0 Å². The summed E-state index contributed by atoms with van der Waals surface area (Å²) in [5.41, 5.74) is 7.30. The maximum atomic E-state index is 10.2. The first-order valence-corrected chi connectivity index (χ1v) is 10.9. The Balaban J connectivity index is 1.89. The summed E-state index contributed by atoms with van der Waals surface area (Å²) in [4.78, 5) is 2.23. The van der Waals surface area contributed by atoms with Gasteiger partial charge in [-0.25, -0.2) is 0 Å². The van der Waals surface area contributed by atoms with Gasteiger partial charge >= 0.3 is 0 Å². The maximum Gasteiger partial charge on any atom is 0.191 e. The highest BCUT2D eigenvalue weighted by Gasteiger charge is 2.55. The van der Waals surface area contributed by atoms with E-state index in [4.69, 9.17) is 28.9 Å². The van der Waals surface area contributed by atoms with Crippen LogP contribution in [0.2, 0.25) is 10.0 Å². The fraction of sp³-hybridized carbons (Fsp3) is 0.240. The molecule has 2 aromatic rings. The van der Waals surface area contributed by atoms with Gasteiger partial charge in [0.25, 0.3) is 0 Å². The minimum atomic E-state index is -1.74. The van der Waals surface area contributed by atoms with E-state index in [1.165, 1.54) is 0 Å². The van der Waals surface area contributed by atoms with Crippen LogP contribution in [0.1, 0.15) is 17.0 Å². The molecule has 7 heteroatoms. The van der Waals surface area contributed by atoms with Crippen molar-refractivity contribution in [2.75, 3.05) is 13.1 Å². The minimum absolute atomic E-state index is 0.0231. The molecule has 32 heavy (non-hydrogen) atoms. The van der Waals surface area contributed by atoms with Crippen molar-refractivity contribution in [2.24, 2.45) is 17.1 Å². The van der Waals surface area contributed by atoms with Crippen molar-refractivity contribution < 1.29 is 0 Å². The first-order chi connectivity index (χ1) is 15.5. The number of benzene rings is 2. The number of allylic oxidation sites excluding steroid dienone is 2. The minimum Gasteiger partial charge on any atom is -0.399 e. The summed E-state index contributed by atoms with van der Waals surface area (Å²) in [6.45, 7) is 1.86. The lowest BCUT2D eigenvalue weighted by molar-refractivity contribution is 0.201. The number of nitrogens with two attached hydrogens (primary N) is 1. The number of hydrogen-bond acceptors (Lipinski definition) is 5. The number of hydrogen-bond donors (Lipinski definition) is 1. The third-order valence-electron chi connectivity index (χ3n) is 6.31. The number of halogens is 2. The third kappa shape index (κ3) is 3.44. The Morgan fingerprint density at radius 3 is 2.41 bits per heavy atom. The van der Waals surface area contributed by atoms with Gasteiger partial charge in [-0.05, 0) is 22.8 Å².